The Kier molecular flexibility index (Phi) is 6.62. The van der Waals surface area contributed by atoms with Crippen LogP contribution in [0, 0.1) is 0 Å². The van der Waals surface area contributed by atoms with Gasteiger partial charge >= 0.3 is 6.03 Å². The number of likely N-dealkylation sites (tertiary alicyclic amines) is 1. The predicted molar refractivity (Wildman–Crippen MR) is 116 cm³/mol. The number of amides is 2. The van der Waals surface area contributed by atoms with E-state index in [4.69, 9.17) is 0 Å². The van der Waals surface area contributed by atoms with Crippen LogP contribution in [0.4, 0.5) is 10.6 Å². The molecule has 0 spiro atoms. The van der Waals surface area contributed by atoms with Crippen molar-refractivity contribution in [2.24, 2.45) is 0 Å². The van der Waals surface area contributed by atoms with Gasteiger partial charge in [-0.15, -0.1) is 0 Å². The van der Waals surface area contributed by atoms with E-state index in [-0.39, 0.29) is 18.1 Å². The molecule has 2 aliphatic heterocycles. The highest BCUT2D eigenvalue weighted by Gasteiger charge is 2.25. The Morgan fingerprint density at radius 1 is 1.00 bits per heavy atom. The molecule has 4 rings (SSSR count). The van der Waals surface area contributed by atoms with Crippen LogP contribution < -0.4 is 15.5 Å². The largest absolute Gasteiger partial charge is 0.356 e. The highest BCUT2D eigenvalue weighted by atomic mass is 16.2. The third-order valence-corrected chi connectivity index (χ3v) is 6.03. The van der Waals surface area contributed by atoms with E-state index in [9.17, 15) is 4.79 Å². The van der Waals surface area contributed by atoms with Gasteiger partial charge in [-0.25, -0.2) is 9.78 Å². The molecule has 0 saturated carbocycles. The number of carbonyl (C=O) groups excluding carboxylic acids is 1. The summed E-state index contributed by atoms with van der Waals surface area (Å²) in [6.45, 7) is 4.69. The van der Waals surface area contributed by atoms with Gasteiger partial charge in [-0.3, -0.25) is 4.90 Å². The third kappa shape index (κ3) is 5.26. The molecule has 2 aliphatic rings. The summed E-state index contributed by atoms with van der Waals surface area (Å²) in [5.74, 6) is 1.02. The van der Waals surface area contributed by atoms with Crippen LogP contribution >= 0.6 is 0 Å². The summed E-state index contributed by atoms with van der Waals surface area (Å²) in [5, 5.41) is 6.30. The smallest absolute Gasteiger partial charge is 0.315 e. The van der Waals surface area contributed by atoms with Crippen LogP contribution in [0.3, 0.4) is 0 Å². The van der Waals surface area contributed by atoms with Gasteiger partial charge in [0.05, 0.1) is 6.04 Å². The van der Waals surface area contributed by atoms with Crippen LogP contribution in [0.2, 0.25) is 0 Å². The SMILES string of the molecule is O=C(NCC(c1ccccc1)N1CCCC1)NC1CCN(c2ccccn2)CC1. The molecular weight excluding hydrogens is 362 g/mol. The molecule has 0 radical (unpaired) electrons. The molecule has 1 unspecified atom stereocenters. The Morgan fingerprint density at radius 3 is 2.41 bits per heavy atom. The quantitative estimate of drug-likeness (QED) is 0.791. The minimum Gasteiger partial charge on any atom is -0.356 e. The maximum Gasteiger partial charge on any atom is 0.315 e. The summed E-state index contributed by atoms with van der Waals surface area (Å²) in [4.78, 5) is 21.7. The number of piperidine rings is 1. The van der Waals surface area contributed by atoms with Crippen molar-refractivity contribution < 1.29 is 4.79 Å². The fourth-order valence-electron chi connectivity index (χ4n) is 4.41. The first kappa shape index (κ1) is 19.7. The van der Waals surface area contributed by atoms with E-state index in [0.29, 0.717) is 6.54 Å². The van der Waals surface area contributed by atoms with Crippen molar-refractivity contribution in [3.63, 3.8) is 0 Å². The zero-order valence-corrected chi connectivity index (χ0v) is 17.0. The number of pyridine rings is 1. The molecule has 6 heteroatoms. The summed E-state index contributed by atoms with van der Waals surface area (Å²) >= 11 is 0. The molecule has 0 aliphatic carbocycles. The lowest BCUT2D eigenvalue weighted by Crippen LogP contribution is -2.49. The van der Waals surface area contributed by atoms with Crippen LogP contribution in [-0.4, -0.2) is 54.7 Å². The molecule has 2 amide bonds. The van der Waals surface area contributed by atoms with Crippen LogP contribution in [0.15, 0.2) is 54.7 Å². The number of carbonyl (C=O) groups is 1. The molecule has 2 saturated heterocycles. The van der Waals surface area contributed by atoms with Crippen molar-refractivity contribution >= 4 is 11.8 Å². The summed E-state index contributed by atoms with van der Waals surface area (Å²) in [6.07, 6.45) is 6.20. The standard InChI is InChI=1S/C23H31N5O/c29-23(26-20-11-16-28(17-12-20)22-10-4-5-13-24-22)25-18-21(27-14-6-7-15-27)19-8-2-1-3-9-19/h1-5,8-10,13,20-21H,6-7,11-12,14-18H2,(H2,25,26,29). The lowest BCUT2D eigenvalue weighted by Gasteiger charge is -2.33. The number of aromatic nitrogens is 1. The molecule has 2 fully saturated rings. The molecule has 1 aromatic heterocycles. The topological polar surface area (TPSA) is 60.5 Å². The number of hydrogen-bond acceptors (Lipinski definition) is 4. The van der Waals surface area contributed by atoms with Crippen molar-refractivity contribution in [1.82, 2.24) is 20.5 Å². The Morgan fingerprint density at radius 2 is 1.72 bits per heavy atom. The van der Waals surface area contributed by atoms with Gasteiger partial charge in [0, 0.05) is 31.9 Å². The van der Waals surface area contributed by atoms with Crippen LogP contribution in [-0.2, 0) is 0 Å². The van der Waals surface area contributed by atoms with Gasteiger partial charge in [0.15, 0.2) is 0 Å². The minimum atomic E-state index is -0.0542. The van der Waals surface area contributed by atoms with Crippen LogP contribution in [0.25, 0.3) is 0 Å². The second-order valence-corrected chi connectivity index (χ2v) is 7.97. The first-order valence-corrected chi connectivity index (χ1v) is 10.8. The van der Waals surface area contributed by atoms with E-state index in [0.717, 1.165) is 44.8 Å². The van der Waals surface area contributed by atoms with Crippen molar-refractivity contribution in [1.29, 1.82) is 0 Å². The molecule has 1 atom stereocenters. The van der Waals surface area contributed by atoms with E-state index in [2.05, 4.69) is 49.7 Å². The van der Waals surface area contributed by atoms with Gasteiger partial charge in [0.1, 0.15) is 5.82 Å². The number of benzene rings is 1. The second-order valence-electron chi connectivity index (χ2n) is 7.97. The van der Waals surface area contributed by atoms with Crippen LogP contribution in [0.5, 0.6) is 0 Å². The van der Waals surface area contributed by atoms with E-state index in [1.54, 1.807) is 0 Å². The molecule has 3 heterocycles. The van der Waals surface area contributed by atoms with Crippen molar-refractivity contribution in [2.75, 3.05) is 37.6 Å². The van der Waals surface area contributed by atoms with Gasteiger partial charge in [0.2, 0.25) is 0 Å². The van der Waals surface area contributed by atoms with Gasteiger partial charge in [-0.2, -0.15) is 0 Å². The number of anilines is 1. The van der Waals surface area contributed by atoms with Crippen molar-refractivity contribution in [2.45, 2.75) is 37.8 Å². The van der Waals surface area contributed by atoms with Gasteiger partial charge in [-0.05, 0) is 56.5 Å². The summed E-state index contributed by atoms with van der Waals surface area (Å²) in [6, 6.07) is 16.9. The molecule has 2 N–H and O–H groups in total. The molecule has 0 bridgehead atoms. The van der Waals surface area contributed by atoms with Crippen molar-refractivity contribution in [3.8, 4) is 0 Å². The summed E-state index contributed by atoms with van der Waals surface area (Å²) < 4.78 is 0. The molecule has 2 aromatic rings. The number of nitrogens with zero attached hydrogens (tertiary/aromatic N) is 3. The van der Waals surface area contributed by atoms with E-state index in [1.807, 2.05) is 30.5 Å². The number of nitrogens with one attached hydrogen (secondary N) is 2. The number of urea groups is 1. The first-order chi connectivity index (χ1) is 14.3. The Bertz CT molecular complexity index is 755. The van der Waals surface area contributed by atoms with Crippen molar-refractivity contribution in [3.05, 3.63) is 60.3 Å². The number of rotatable bonds is 6. The molecule has 6 nitrogen and oxygen atoms in total. The second kappa shape index (κ2) is 9.74. The minimum absolute atomic E-state index is 0.0542. The van der Waals surface area contributed by atoms with Gasteiger partial charge in [-0.1, -0.05) is 36.4 Å². The highest BCUT2D eigenvalue weighted by Crippen LogP contribution is 2.24. The highest BCUT2D eigenvalue weighted by molar-refractivity contribution is 5.74. The summed E-state index contributed by atoms with van der Waals surface area (Å²) in [5.41, 5.74) is 1.28. The van der Waals surface area contributed by atoms with E-state index in [1.165, 1.54) is 18.4 Å². The molecule has 154 valence electrons. The molecule has 29 heavy (non-hydrogen) atoms. The van der Waals surface area contributed by atoms with Gasteiger partial charge in [0.25, 0.3) is 0 Å². The molecular formula is C23H31N5O. The lowest BCUT2D eigenvalue weighted by molar-refractivity contribution is 0.217. The maximum atomic E-state index is 12.5. The zero-order valence-electron chi connectivity index (χ0n) is 17.0. The lowest BCUT2D eigenvalue weighted by atomic mass is 10.0. The van der Waals surface area contributed by atoms with E-state index < -0.39 is 0 Å². The fraction of sp³-hybridized carbons (Fsp3) is 0.478. The monoisotopic (exact) mass is 393 g/mol. The maximum absolute atomic E-state index is 12.5. The Labute approximate surface area is 173 Å². The Hall–Kier alpha value is -2.60. The van der Waals surface area contributed by atoms with Gasteiger partial charge < -0.3 is 15.5 Å². The Balaban J connectivity index is 1.26. The average Bonchev–Trinajstić information content (AvgIpc) is 3.30. The average molecular weight is 394 g/mol. The first-order valence-electron chi connectivity index (χ1n) is 10.8. The van der Waals surface area contributed by atoms with Crippen LogP contribution in [0.1, 0.15) is 37.3 Å². The third-order valence-electron chi connectivity index (χ3n) is 6.03. The zero-order chi connectivity index (χ0) is 19.9. The summed E-state index contributed by atoms with van der Waals surface area (Å²) in [7, 11) is 0. The number of hydrogen-bond donors (Lipinski definition) is 2. The predicted octanol–water partition coefficient (Wildman–Crippen LogP) is 3.19. The molecule has 1 aromatic carbocycles. The fourth-order valence-corrected chi connectivity index (χ4v) is 4.41. The normalized spacial score (nSPS) is 19.1. The van der Waals surface area contributed by atoms with E-state index >= 15 is 0 Å².